The summed E-state index contributed by atoms with van der Waals surface area (Å²) in [5.41, 5.74) is 2.34. The summed E-state index contributed by atoms with van der Waals surface area (Å²) < 4.78 is 1.07. The molecular weight excluding hydrogens is 369 g/mol. The van der Waals surface area contributed by atoms with E-state index in [4.69, 9.17) is 0 Å². The van der Waals surface area contributed by atoms with E-state index in [1.807, 2.05) is 12.1 Å². The Balaban J connectivity index is 1.86. The van der Waals surface area contributed by atoms with Crippen molar-refractivity contribution in [1.29, 1.82) is 0 Å². The lowest BCUT2D eigenvalue weighted by Gasteiger charge is -2.05. The first-order valence-corrected chi connectivity index (χ1v) is 6.99. The van der Waals surface area contributed by atoms with Crippen LogP contribution in [-0.4, -0.2) is 15.9 Å². The molecule has 0 saturated heterocycles. The lowest BCUT2D eigenvalue weighted by Crippen LogP contribution is -2.11. The van der Waals surface area contributed by atoms with Gasteiger partial charge in [0.2, 0.25) is 0 Å². The predicted molar refractivity (Wildman–Crippen MR) is 86.0 cm³/mol. The van der Waals surface area contributed by atoms with Crippen molar-refractivity contribution in [3.63, 3.8) is 0 Å². The van der Waals surface area contributed by atoms with Gasteiger partial charge in [0.1, 0.15) is 0 Å². The highest BCUT2D eigenvalue weighted by Gasteiger charge is 2.07. The molecule has 0 aliphatic heterocycles. The number of fused-ring (bicyclic) bond motifs is 1. The Kier molecular flexibility index (Phi) is 3.31. The number of aromatic amines is 2. The summed E-state index contributed by atoms with van der Waals surface area (Å²) in [6.45, 7) is 0. The number of hydrogen-bond acceptors (Lipinski definition) is 2. The Morgan fingerprint density at radius 1 is 1.00 bits per heavy atom. The van der Waals surface area contributed by atoms with E-state index in [2.05, 4.69) is 37.9 Å². The van der Waals surface area contributed by atoms with Crippen LogP contribution in [0.4, 0.5) is 5.69 Å². The fourth-order valence-electron chi connectivity index (χ4n) is 1.91. The quantitative estimate of drug-likeness (QED) is 0.599. The molecule has 1 amide bonds. The SMILES string of the molecule is O=C(Nc1ccc2[nH]c(=O)[nH]c2c1)c1ccc(I)cc1. The number of carbonyl (C=O) groups is 1. The van der Waals surface area contributed by atoms with Crippen LogP contribution in [0, 0.1) is 3.57 Å². The lowest BCUT2D eigenvalue weighted by molar-refractivity contribution is 0.102. The van der Waals surface area contributed by atoms with Gasteiger partial charge in [-0.15, -0.1) is 0 Å². The van der Waals surface area contributed by atoms with Crippen LogP contribution in [0.5, 0.6) is 0 Å². The lowest BCUT2D eigenvalue weighted by atomic mass is 10.2. The van der Waals surface area contributed by atoms with Crippen LogP contribution in [0.15, 0.2) is 47.3 Å². The maximum absolute atomic E-state index is 12.1. The van der Waals surface area contributed by atoms with Gasteiger partial charge in [-0.3, -0.25) is 4.79 Å². The van der Waals surface area contributed by atoms with E-state index in [0.29, 0.717) is 22.3 Å². The average molecular weight is 379 g/mol. The molecule has 3 N–H and O–H groups in total. The smallest absolute Gasteiger partial charge is 0.322 e. The summed E-state index contributed by atoms with van der Waals surface area (Å²) in [5.74, 6) is -0.182. The summed E-state index contributed by atoms with van der Waals surface area (Å²) >= 11 is 2.19. The van der Waals surface area contributed by atoms with Gasteiger partial charge in [-0.1, -0.05) is 0 Å². The number of benzene rings is 2. The molecule has 1 heterocycles. The molecule has 6 heteroatoms. The van der Waals surface area contributed by atoms with Crippen molar-refractivity contribution < 1.29 is 4.79 Å². The predicted octanol–water partition coefficient (Wildman–Crippen LogP) is 2.71. The van der Waals surface area contributed by atoms with Gasteiger partial charge in [-0.05, 0) is 65.1 Å². The molecule has 3 aromatic rings. The van der Waals surface area contributed by atoms with Crippen molar-refractivity contribution in [2.45, 2.75) is 0 Å². The molecule has 0 aliphatic rings. The number of halogens is 1. The first kappa shape index (κ1) is 12.9. The number of carbonyl (C=O) groups excluding carboxylic acids is 1. The van der Waals surface area contributed by atoms with Crippen molar-refractivity contribution in [2.75, 3.05) is 5.32 Å². The molecular formula is C14H10IN3O2. The van der Waals surface area contributed by atoms with Gasteiger partial charge in [0.15, 0.2) is 0 Å². The molecule has 0 atom stereocenters. The van der Waals surface area contributed by atoms with Crippen molar-refractivity contribution in [1.82, 2.24) is 9.97 Å². The molecule has 1 aromatic heterocycles. The molecule has 3 rings (SSSR count). The number of nitrogens with one attached hydrogen (secondary N) is 3. The highest BCUT2D eigenvalue weighted by atomic mass is 127. The average Bonchev–Trinajstić information content (AvgIpc) is 2.78. The normalized spacial score (nSPS) is 10.7. The van der Waals surface area contributed by atoms with Gasteiger partial charge in [-0.2, -0.15) is 0 Å². The zero-order chi connectivity index (χ0) is 14.1. The Bertz CT molecular complexity index is 833. The number of anilines is 1. The number of amides is 1. The zero-order valence-corrected chi connectivity index (χ0v) is 12.4. The Morgan fingerprint density at radius 3 is 2.45 bits per heavy atom. The molecule has 0 bridgehead atoms. The van der Waals surface area contributed by atoms with E-state index in [9.17, 15) is 9.59 Å². The second kappa shape index (κ2) is 5.12. The number of imidazole rings is 1. The summed E-state index contributed by atoms with van der Waals surface area (Å²) in [6, 6.07) is 12.5. The highest BCUT2D eigenvalue weighted by molar-refractivity contribution is 14.1. The van der Waals surface area contributed by atoms with Crippen LogP contribution in [-0.2, 0) is 0 Å². The first-order valence-electron chi connectivity index (χ1n) is 5.91. The third-order valence-electron chi connectivity index (χ3n) is 2.88. The van der Waals surface area contributed by atoms with Crippen molar-refractivity contribution in [2.24, 2.45) is 0 Å². The summed E-state index contributed by atoms with van der Waals surface area (Å²) in [7, 11) is 0. The Morgan fingerprint density at radius 2 is 1.70 bits per heavy atom. The fraction of sp³-hybridized carbons (Fsp3) is 0. The highest BCUT2D eigenvalue weighted by Crippen LogP contribution is 2.16. The summed E-state index contributed by atoms with van der Waals surface area (Å²) in [4.78, 5) is 28.6. The van der Waals surface area contributed by atoms with Gasteiger partial charge in [0.05, 0.1) is 11.0 Å². The topological polar surface area (TPSA) is 77.8 Å². The maximum atomic E-state index is 12.1. The Hall–Kier alpha value is -2.09. The summed E-state index contributed by atoms with van der Waals surface area (Å²) in [6.07, 6.45) is 0. The molecule has 0 radical (unpaired) electrons. The number of aromatic nitrogens is 2. The molecule has 0 spiro atoms. The molecule has 100 valence electrons. The van der Waals surface area contributed by atoms with Crippen LogP contribution in [0.2, 0.25) is 0 Å². The minimum Gasteiger partial charge on any atom is -0.322 e. The number of H-pyrrole nitrogens is 2. The maximum Gasteiger partial charge on any atom is 0.323 e. The number of rotatable bonds is 2. The standard InChI is InChI=1S/C14H10IN3O2/c15-9-3-1-8(2-4-9)13(19)16-10-5-6-11-12(7-10)18-14(20)17-11/h1-7H,(H,16,19)(H2,17,18,20). The van der Waals surface area contributed by atoms with Crippen molar-refractivity contribution in [3.8, 4) is 0 Å². The third kappa shape index (κ3) is 2.60. The van der Waals surface area contributed by atoms with Crippen LogP contribution in [0.3, 0.4) is 0 Å². The minimum absolute atomic E-state index is 0.182. The van der Waals surface area contributed by atoms with E-state index < -0.39 is 0 Å². The van der Waals surface area contributed by atoms with Gasteiger partial charge in [0.25, 0.3) is 5.91 Å². The second-order valence-corrected chi connectivity index (χ2v) is 5.55. The van der Waals surface area contributed by atoms with E-state index in [0.717, 1.165) is 3.57 Å². The molecule has 0 aliphatic carbocycles. The number of hydrogen-bond donors (Lipinski definition) is 3. The van der Waals surface area contributed by atoms with Gasteiger partial charge in [0, 0.05) is 14.8 Å². The van der Waals surface area contributed by atoms with Gasteiger partial charge >= 0.3 is 5.69 Å². The first-order chi connectivity index (χ1) is 9.61. The molecule has 0 saturated carbocycles. The van der Waals surface area contributed by atoms with Gasteiger partial charge < -0.3 is 15.3 Å². The molecule has 0 fully saturated rings. The van der Waals surface area contributed by atoms with E-state index in [1.54, 1.807) is 30.3 Å². The van der Waals surface area contributed by atoms with Crippen molar-refractivity contribution in [3.05, 3.63) is 62.1 Å². The van der Waals surface area contributed by atoms with Crippen LogP contribution < -0.4 is 11.0 Å². The fourth-order valence-corrected chi connectivity index (χ4v) is 2.27. The van der Waals surface area contributed by atoms with Gasteiger partial charge in [-0.25, -0.2) is 4.79 Å². The molecule has 20 heavy (non-hydrogen) atoms. The molecule has 5 nitrogen and oxygen atoms in total. The van der Waals surface area contributed by atoms with Crippen molar-refractivity contribution >= 4 is 45.2 Å². The minimum atomic E-state index is -0.263. The van der Waals surface area contributed by atoms with Crippen LogP contribution in [0.25, 0.3) is 11.0 Å². The third-order valence-corrected chi connectivity index (χ3v) is 3.60. The Labute approximate surface area is 127 Å². The van der Waals surface area contributed by atoms with E-state index in [1.165, 1.54) is 0 Å². The monoisotopic (exact) mass is 379 g/mol. The molecule has 0 unspecified atom stereocenters. The van der Waals surface area contributed by atoms with E-state index in [-0.39, 0.29) is 11.6 Å². The summed E-state index contributed by atoms with van der Waals surface area (Å²) in [5, 5.41) is 2.80. The van der Waals surface area contributed by atoms with E-state index >= 15 is 0 Å². The van der Waals surface area contributed by atoms with Crippen LogP contribution in [0.1, 0.15) is 10.4 Å². The second-order valence-electron chi connectivity index (χ2n) is 4.30. The van der Waals surface area contributed by atoms with Crippen LogP contribution >= 0.6 is 22.6 Å². The zero-order valence-electron chi connectivity index (χ0n) is 10.2. The largest absolute Gasteiger partial charge is 0.323 e. The molecule has 2 aromatic carbocycles.